The van der Waals surface area contributed by atoms with Crippen LogP contribution < -0.4 is 10.4 Å². The Labute approximate surface area is 144 Å². The molecule has 0 saturated heterocycles. The lowest BCUT2D eigenvalue weighted by atomic mass is 10.0. The van der Waals surface area contributed by atoms with Gasteiger partial charge in [-0.2, -0.15) is 0 Å². The molecule has 2 aromatic carbocycles. The van der Waals surface area contributed by atoms with E-state index in [1.807, 2.05) is 13.0 Å². The first-order valence-corrected chi connectivity index (χ1v) is 8.02. The number of ether oxygens (including phenoxy) is 1. The number of aliphatic carboxylic acids is 1. The van der Waals surface area contributed by atoms with E-state index in [-0.39, 0.29) is 0 Å². The van der Waals surface area contributed by atoms with E-state index in [9.17, 15) is 14.7 Å². The van der Waals surface area contributed by atoms with Crippen LogP contribution >= 0.6 is 0 Å². The van der Waals surface area contributed by atoms with Gasteiger partial charge in [0.2, 0.25) is 6.10 Å². The first kappa shape index (κ1) is 16.8. The summed E-state index contributed by atoms with van der Waals surface area (Å²) in [4.78, 5) is 23.4. The van der Waals surface area contributed by atoms with Gasteiger partial charge in [0.05, 0.1) is 0 Å². The molecule has 25 heavy (non-hydrogen) atoms. The highest BCUT2D eigenvalue weighted by molar-refractivity contribution is 5.85. The fourth-order valence-electron chi connectivity index (χ4n) is 2.84. The molecule has 3 rings (SSSR count). The molecule has 0 aliphatic heterocycles. The van der Waals surface area contributed by atoms with Gasteiger partial charge in [-0.15, -0.1) is 0 Å². The second-order valence-corrected chi connectivity index (χ2v) is 5.76. The summed E-state index contributed by atoms with van der Waals surface area (Å²) in [5, 5.41) is 10.4. The number of fused-ring (bicyclic) bond motifs is 1. The molecule has 0 bridgehead atoms. The van der Waals surface area contributed by atoms with Crippen molar-refractivity contribution in [2.45, 2.75) is 26.4 Å². The zero-order chi connectivity index (χ0) is 18.0. The van der Waals surface area contributed by atoms with Gasteiger partial charge < -0.3 is 14.3 Å². The second kappa shape index (κ2) is 6.81. The first-order valence-electron chi connectivity index (χ1n) is 8.02. The molecule has 3 aromatic rings. The van der Waals surface area contributed by atoms with Crippen LogP contribution in [0.1, 0.15) is 29.7 Å². The number of carboxylic acid groups (broad SMARTS) is 1. The fourth-order valence-corrected chi connectivity index (χ4v) is 2.84. The van der Waals surface area contributed by atoms with Crippen molar-refractivity contribution in [1.82, 2.24) is 0 Å². The van der Waals surface area contributed by atoms with E-state index in [1.54, 1.807) is 43.3 Å². The smallest absolute Gasteiger partial charge is 0.349 e. The zero-order valence-corrected chi connectivity index (χ0v) is 14.0. The molecular weight excluding hydrogens is 320 g/mol. The summed E-state index contributed by atoms with van der Waals surface area (Å²) in [7, 11) is 0. The van der Waals surface area contributed by atoms with Crippen molar-refractivity contribution < 1.29 is 19.1 Å². The predicted molar refractivity (Wildman–Crippen MR) is 94.0 cm³/mol. The van der Waals surface area contributed by atoms with Gasteiger partial charge in [0.15, 0.2) is 0 Å². The van der Waals surface area contributed by atoms with Gasteiger partial charge >= 0.3 is 11.6 Å². The van der Waals surface area contributed by atoms with Crippen molar-refractivity contribution in [2.24, 2.45) is 0 Å². The third-order valence-corrected chi connectivity index (χ3v) is 4.15. The standard InChI is InChI=1S/C20H18O5/c1-3-13-11-17(21)25-18-12(2)16(10-9-15(13)18)24-19(20(22)23)14-7-5-4-6-8-14/h4-11,19H,3H2,1-2H3,(H,22,23)/t19-/m1/s1. The minimum absolute atomic E-state index is 0.375. The Kier molecular flexibility index (Phi) is 4.57. The minimum atomic E-state index is -1.14. The normalized spacial score (nSPS) is 12.1. The van der Waals surface area contributed by atoms with E-state index in [0.717, 1.165) is 10.9 Å². The van der Waals surface area contributed by atoms with Gasteiger partial charge in [-0.1, -0.05) is 37.3 Å². The Hall–Kier alpha value is -3.08. The Balaban J connectivity index is 2.08. The lowest BCUT2D eigenvalue weighted by Crippen LogP contribution is -2.18. The Morgan fingerprint density at radius 2 is 1.92 bits per heavy atom. The number of benzene rings is 2. The summed E-state index contributed by atoms with van der Waals surface area (Å²) < 4.78 is 11.1. The average molecular weight is 338 g/mol. The second-order valence-electron chi connectivity index (χ2n) is 5.76. The molecule has 0 aliphatic carbocycles. The molecule has 0 aliphatic rings. The summed E-state index contributed by atoms with van der Waals surface area (Å²) >= 11 is 0. The van der Waals surface area contributed by atoms with E-state index < -0.39 is 17.7 Å². The number of rotatable bonds is 5. The molecule has 128 valence electrons. The number of carbonyl (C=O) groups is 1. The van der Waals surface area contributed by atoms with Crippen LogP contribution in [0, 0.1) is 6.92 Å². The van der Waals surface area contributed by atoms with E-state index in [0.29, 0.717) is 28.9 Å². The molecular formula is C20H18O5. The Morgan fingerprint density at radius 1 is 1.20 bits per heavy atom. The maximum atomic E-state index is 11.8. The van der Waals surface area contributed by atoms with Crippen LogP contribution in [0.3, 0.4) is 0 Å². The molecule has 1 atom stereocenters. The zero-order valence-electron chi connectivity index (χ0n) is 14.0. The molecule has 1 heterocycles. The van der Waals surface area contributed by atoms with Crippen LogP contribution in [-0.2, 0) is 11.2 Å². The van der Waals surface area contributed by atoms with Crippen molar-refractivity contribution in [1.29, 1.82) is 0 Å². The minimum Gasteiger partial charge on any atom is -0.478 e. The molecule has 0 fully saturated rings. The lowest BCUT2D eigenvalue weighted by Gasteiger charge is -2.18. The van der Waals surface area contributed by atoms with E-state index in [1.165, 1.54) is 6.07 Å². The molecule has 0 saturated carbocycles. The van der Waals surface area contributed by atoms with E-state index in [2.05, 4.69) is 0 Å². The predicted octanol–water partition coefficient (Wildman–Crippen LogP) is 3.87. The van der Waals surface area contributed by atoms with E-state index in [4.69, 9.17) is 9.15 Å². The molecule has 0 amide bonds. The SMILES string of the molecule is CCc1cc(=O)oc2c(C)c(O[C@@H](C(=O)O)c3ccccc3)ccc12. The number of aryl methyl sites for hydroxylation is 2. The van der Waals surface area contributed by atoms with Crippen molar-refractivity contribution >= 4 is 16.9 Å². The monoisotopic (exact) mass is 338 g/mol. The highest BCUT2D eigenvalue weighted by Crippen LogP contribution is 2.31. The van der Waals surface area contributed by atoms with Crippen LogP contribution in [0.15, 0.2) is 57.7 Å². The number of carboxylic acids is 1. The molecule has 0 radical (unpaired) electrons. The van der Waals surface area contributed by atoms with Crippen LogP contribution in [0.4, 0.5) is 0 Å². The fraction of sp³-hybridized carbons (Fsp3) is 0.200. The summed E-state index contributed by atoms with van der Waals surface area (Å²) in [6.45, 7) is 3.72. The van der Waals surface area contributed by atoms with Crippen molar-refractivity contribution in [3.63, 3.8) is 0 Å². The van der Waals surface area contributed by atoms with Gasteiger partial charge in [-0.25, -0.2) is 9.59 Å². The van der Waals surface area contributed by atoms with Crippen LogP contribution in [0.25, 0.3) is 11.0 Å². The molecule has 1 aromatic heterocycles. The van der Waals surface area contributed by atoms with Crippen molar-refractivity contribution in [3.05, 3.63) is 75.6 Å². The molecule has 0 unspecified atom stereocenters. The average Bonchev–Trinajstić information content (AvgIpc) is 2.61. The first-order chi connectivity index (χ1) is 12.0. The number of hydrogen-bond donors (Lipinski definition) is 1. The summed E-state index contributed by atoms with van der Waals surface area (Å²) in [5.74, 6) is -0.713. The molecule has 1 N–H and O–H groups in total. The summed E-state index contributed by atoms with van der Waals surface area (Å²) in [6, 6.07) is 13.7. The van der Waals surface area contributed by atoms with Crippen LogP contribution in [0.5, 0.6) is 5.75 Å². The maximum Gasteiger partial charge on any atom is 0.349 e. The van der Waals surface area contributed by atoms with E-state index >= 15 is 0 Å². The summed E-state index contributed by atoms with van der Waals surface area (Å²) in [5.41, 5.74) is 2.03. The van der Waals surface area contributed by atoms with Crippen LogP contribution in [0.2, 0.25) is 0 Å². The van der Waals surface area contributed by atoms with Gasteiger partial charge in [0.1, 0.15) is 11.3 Å². The lowest BCUT2D eigenvalue weighted by molar-refractivity contribution is -0.145. The van der Waals surface area contributed by atoms with Gasteiger partial charge in [-0.3, -0.25) is 0 Å². The summed E-state index contributed by atoms with van der Waals surface area (Å²) in [6.07, 6.45) is -0.442. The van der Waals surface area contributed by atoms with Crippen molar-refractivity contribution in [3.8, 4) is 5.75 Å². The topological polar surface area (TPSA) is 76.7 Å². The highest BCUT2D eigenvalue weighted by atomic mass is 16.5. The van der Waals surface area contributed by atoms with Gasteiger partial charge in [-0.05, 0) is 31.0 Å². The third kappa shape index (κ3) is 3.26. The quantitative estimate of drug-likeness (QED) is 0.715. The van der Waals surface area contributed by atoms with Gasteiger partial charge in [0, 0.05) is 22.6 Å². The Bertz CT molecular complexity index is 973. The number of hydrogen-bond acceptors (Lipinski definition) is 4. The maximum absolute atomic E-state index is 11.8. The third-order valence-electron chi connectivity index (χ3n) is 4.15. The largest absolute Gasteiger partial charge is 0.478 e. The van der Waals surface area contributed by atoms with Crippen molar-refractivity contribution in [2.75, 3.05) is 0 Å². The molecule has 5 heteroatoms. The molecule has 5 nitrogen and oxygen atoms in total. The highest BCUT2D eigenvalue weighted by Gasteiger charge is 2.23. The molecule has 0 spiro atoms. The van der Waals surface area contributed by atoms with Crippen LogP contribution in [-0.4, -0.2) is 11.1 Å². The Morgan fingerprint density at radius 3 is 2.56 bits per heavy atom. The van der Waals surface area contributed by atoms with Gasteiger partial charge in [0.25, 0.3) is 0 Å².